The number of thiophene rings is 1. The molecule has 0 aliphatic rings. The van der Waals surface area contributed by atoms with Crippen LogP contribution in [0.2, 0.25) is 0 Å². The van der Waals surface area contributed by atoms with E-state index in [1.165, 1.54) is 0 Å². The number of carbonyl (C=O) groups is 1. The van der Waals surface area contributed by atoms with Gasteiger partial charge in [0.1, 0.15) is 12.1 Å². The Morgan fingerprint density at radius 1 is 1.23 bits per heavy atom. The summed E-state index contributed by atoms with van der Waals surface area (Å²) >= 11 is 1.61. The molecule has 26 heavy (non-hydrogen) atoms. The molecule has 1 aromatic carbocycles. The van der Waals surface area contributed by atoms with E-state index in [2.05, 4.69) is 29.9 Å². The average Bonchev–Trinajstić information content (AvgIpc) is 3.13. The van der Waals surface area contributed by atoms with Gasteiger partial charge in [-0.3, -0.25) is 0 Å². The summed E-state index contributed by atoms with van der Waals surface area (Å²) in [6, 6.07) is 9.89. The van der Waals surface area contributed by atoms with Gasteiger partial charge in [-0.15, -0.1) is 11.3 Å². The van der Waals surface area contributed by atoms with Gasteiger partial charge in [0.2, 0.25) is 0 Å². The molecule has 2 aromatic heterocycles. The van der Waals surface area contributed by atoms with Crippen LogP contribution in [0.4, 0.5) is 11.5 Å². The Balaban J connectivity index is 1.96. The van der Waals surface area contributed by atoms with E-state index in [1.54, 1.807) is 11.3 Å². The fourth-order valence-electron chi connectivity index (χ4n) is 2.77. The molecule has 5 heteroatoms. The Labute approximate surface area is 157 Å². The number of aryl methyl sites for hydroxylation is 1. The van der Waals surface area contributed by atoms with Crippen molar-refractivity contribution in [2.75, 3.05) is 5.32 Å². The zero-order valence-corrected chi connectivity index (χ0v) is 15.8. The summed E-state index contributed by atoms with van der Waals surface area (Å²) in [5.74, 6) is 1.55. The number of nitrogens with one attached hydrogen (secondary N) is 1. The summed E-state index contributed by atoms with van der Waals surface area (Å²) < 4.78 is 0. The largest absolute Gasteiger partial charge is 0.340 e. The highest BCUT2D eigenvalue weighted by Crippen LogP contribution is 2.29. The average molecular weight is 363 g/mol. The topological polar surface area (TPSA) is 54.9 Å². The van der Waals surface area contributed by atoms with Gasteiger partial charge in [0.05, 0.1) is 4.88 Å². The van der Waals surface area contributed by atoms with Crippen molar-refractivity contribution in [1.29, 1.82) is 0 Å². The van der Waals surface area contributed by atoms with Crippen LogP contribution in [-0.4, -0.2) is 16.3 Å². The third kappa shape index (κ3) is 3.89. The molecule has 132 valence electrons. The first-order valence-electron chi connectivity index (χ1n) is 8.53. The number of hydrogen-bond donors (Lipinski definition) is 1. The van der Waals surface area contributed by atoms with E-state index in [0.717, 1.165) is 57.3 Å². The van der Waals surface area contributed by atoms with Gasteiger partial charge in [-0.1, -0.05) is 31.7 Å². The van der Waals surface area contributed by atoms with Gasteiger partial charge in [-0.05, 0) is 48.1 Å². The molecule has 0 spiro atoms. The van der Waals surface area contributed by atoms with Crippen molar-refractivity contribution < 1.29 is 4.79 Å². The fourth-order valence-corrected chi connectivity index (χ4v) is 3.59. The van der Waals surface area contributed by atoms with Crippen molar-refractivity contribution in [1.82, 2.24) is 9.97 Å². The highest BCUT2D eigenvalue weighted by molar-refractivity contribution is 7.13. The summed E-state index contributed by atoms with van der Waals surface area (Å²) in [6.07, 6.45) is 4.02. The van der Waals surface area contributed by atoms with Crippen LogP contribution in [-0.2, 0) is 17.6 Å². The summed E-state index contributed by atoms with van der Waals surface area (Å²) in [5.41, 5.74) is 5.09. The molecule has 0 saturated heterocycles. The number of rotatable bonds is 7. The molecular weight excluding hydrogens is 342 g/mol. The molecule has 0 amide bonds. The fraction of sp³-hybridized carbons (Fsp3) is 0.190. The third-order valence-electron chi connectivity index (χ3n) is 4.18. The van der Waals surface area contributed by atoms with Crippen LogP contribution in [0.25, 0.3) is 16.8 Å². The zero-order chi connectivity index (χ0) is 18.5. The smallest absolute Gasteiger partial charge is 0.171 e. The molecule has 4 nitrogen and oxygen atoms in total. The number of hydrogen-bond acceptors (Lipinski definition) is 5. The lowest BCUT2D eigenvalue weighted by atomic mass is 10.1. The Morgan fingerprint density at radius 3 is 2.62 bits per heavy atom. The van der Waals surface area contributed by atoms with Gasteiger partial charge in [-0.25, -0.2) is 9.97 Å². The quantitative estimate of drug-likeness (QED) is 0.586. The Bertz CT molecular complexity index is 929. The van der Waals surface area contributed by atoms with Gasteiger partial charge in [0.15, 0.2) is 5.82 Å². The first-order valence-corrected chi connectivity index (χ1v) is 9.41. The van der Waals surface area contributed by atoms with E-state index in [9.17, 15) is 4.79 Å². The zero-order valence-electron chi connectivity index (χ0n) is 15.0. The molecule has 0 fully saturated rings. The van der Waals surface area contributed by atoms with Crippen molar-refractivity contribution in [3.8, 4) is 10.7 Å². The van der Waals surface area contributed by atoms with Crippen LogP contribution in [0.1, 0.15) is 29.3 Å². The Morgan fingerprint density at radius 2 is 2.00 bits per heavy atom. The molecule has 3 aromatic rings. The van der Waals surface area contributed by atoms with Crippen molar-refractivity contribution in [3.63, 3.8) is 0 Å². The van der Waals surface area contributed by atoms with E-state index in [-0.39, 0.29) is 0 Å². The number of aldehydes is 1. The lowest BCUT2D eigenvalue weighted by Crippen LogP contribution is -2.05. The van der Waals surface area contributed by atoms with Crippen molar-refractivity contribution >= 4 is 35.2 Å². The molecule has 0 radical (unpaired) electrons. The van der Waals surface area contributed by atoms with E-state index in [1.807, 2.05) is 42.6 Å². The maximum Gasteiger partial charge on any atom is 0.171 e. The van der Waals surface area contributed by atoms with Gasteiger partial charge >= 0.3 is 0 Å². The van der Waals surface area contributed by atoms with Crippen LogP contribution in [0, 0.1) is 6.92 Å². The third-order valence-corrected chi connectivity index (χ3v) is 5.12. The summed E-state index contributed by atoms with van der Waals surface area (Å²) in [4.78, 5) is 21.1. The second-order valence-electron chi connectivity index (χ2n) is 5.95. The van der Waals surface area contributed by atoms with E-state index >= 15 is 0 Å². The minimum atomic E-state index is 0.432. The van der Waals surface area contributed by atoms with Crippen molar-refractivity contribution in [2.45, 2.75) is 26.7 Å². The molecule has 0 aliphatic carbocycles. The molecule has 0 atom stereocenters. The maximum absolute atomic E-state index is 10.6. The van der Waals surface area contributed by atoms with Crippen LogP contribution >= 0.6 is 11.3 Å². The van der Waals surface area contributed by atoms with Crippen LogP contribution in [0.3, 0.4) is 0 Å². The minimum absolute atomic E-state index is 0.432. The van der Waals surface area contributed by atoms with Crippen LogP contribution < -0.4 is 5.32 Å². The Hall–Kier alpha value is -2.79. The van der Waals surface area contributed by atoms with Gasteiger partial charge in [-0.2, -0.15) is 0 Å². The minimum Gasteiger partial charge on any atom is -0.340 e. The van der Waals surface area contributed by atoms with E-state index in [4.69, 9.17) is 4.98 Å². The number of nitrogens with zero attached hydrogens (tertiary/aromatic N) is 2. The molecule has 0 saturated carbocycles. The highest BCUT2D eigenvalue weighted by Gasteiger charge is 2.13. The number of anilines is 2. The molecule has 0 unspecified atom stereocenters. The molecule has 3 rings (SSSR count). The predicted octanol–water partition coefficient (Wildman–Crippen LogP) is 5.20. The number of aromatic nitrogens is 2. The van der Waals surface area contributed by atoms with Crippen molar-refractivity contribution in [3.05, 3.63) is 64.7 Å². The molecule has 2 heterocycles. The van der Waals surface area contributed by atoms with E-state index < -0.39 is 0 Å². The summed E-state index contributed by atoms with van der Waals surface area (Å²) in [6.45, 7) is 7.93. The second-order valence-corrected chi connectivity index (χ2v) is 6.87. The number of benzene rings is 1. The number of carbonyl (C=O) groups excluding carboxylic acids is 1. The molecule has 1 N–H and O–H groups in total. The Kier molecular flexibility index (Phi) is 5.58. The van der Waals surface area contributed by atoms with Crippen LogP contribution in [0.15, 0.2) is 42.3 Å². The van der Waals surface area contributed by atoms with Gasteiger partial charge < -0.3 is 10.1 Å². The maximum atomic E-state index is 10.6. The second kappa shape index (κ2) is 8.06. The van der Waals surface area contributed by atoms with Gasteiger partial charge in [0.25, 0.3) is 0 Å². The lowest BCUT2D eigenvalue weighted by Gasteiger charge is -2.14. The predicted molar refractivity (Wildman–Crippen MR) is 109 cm³/mol. The first-order chi connectivity index (χ1) is 12.6. The van der Waals surface area contributed by atoms with Gasteiger partial charge in [0, 0.05) is 23.4 Å². The molecule has 0 aliphatic heterocycles. The lowest BCUT2D eigenvalue weighted by molar-refractivity contribution is -0.107. The normalized spacial score (nSPS) is 10.5. The molecular formula is C21H21N3OS. The van der Waals surface area contributed by atoms with Crippen molar-refractivity contribution in [2.24, 2.45) is 0 Å². The summed E-state index contributed by atoms with van der Waals surface area (Å²) in [5, 5.41) is 5.46. The molecule has 0 bridgehead atoms. The van der Waals surface area contributed by atoms with E-state index in [0.29, 0.717) is 6.42 Å². The van der Waals surface area contributed by atoms with Crippen LogP contribution in [0.5, 0.6) is 0 Å². The SMILES string of the molecule is C=Cc1csc(-c2nc(C)c(CC)c(Nc3ccc(CC=O)cc3)n2)c1. The summed E-state index contributed by atoms with van der Waals surface area (Å²) in [7, 11) is 0. The first kappa shape index (κ1) is 18.0. The standard InChI is InChI=1S/C21H21N3OS/c1-4-15-12-19(26-13-15)21-22-14(3)18(5-2)20(24-21)23-17-8-6-16(7-9-17)10-11-25/h4,6-9,11-13H,1,5,10H2,2-3H3,(H,22,23,24). The highest BCUT2D eigenvalue weighted by atomic mass is 32.1. The monoisotopic (exact) mass is 363 g/mol.